The summed E-state index contributed by atoms with van der Waals surface area (Å²) in [5.41, 5.74) is 1.22. The minimum atomic E-state index is -1.13. The molecule has 180 valence electrons. The number of carboxylic acid groups (broad SMARTS) is 1. The summed E-state index contributed by atoms with van der Waals surface area (Å²) >= 11 is 7.19. The first kappa shape index (κ1) is 24.6. The predicted molar refractivity (Wildman–Crippen MR) is 135 cm³/mol. The highest BCUT2D eigenvalue weighted by molar-refractivity contribution is 8.18. The van der Waals surface area contributed by atoms with Gasteiger partial charge in [0.05, 0.1) is 41.4 Å². The minimum absolute atomic E-state index is 0.0184. The van der Waals surface area contributed by atoms with Crippen molar-refractivity contribution in [3.8, 4) is 17.1 Å². The number of nitrogens with zero attached hydrogens (tertiary/aromatic N) is 2. The number of furan rings is 1. The predicted octanol–water partition coefficient (Wildman–Crippen LogP) is 5.56. The van der Waals surface area contributed by atoms with E-state index >= 15 is 0 Å². The molecule has 0 bridgehead atoms. The van der Waals surface area contributed by atoms with Gasteiger partial charge >= 0.3 is 5.97 Å². The minimum Gasteiger partial charge on any atom is -0.497 e. The van der Waals surface area contributed by atoms with Gasteiger partial charge in [-0.25, -0.2) is 9.79 Å². The second kappa shape index (κ2) is 10.8. The fourth-order valence-corrected chi connectivity index (χ4v) is 4.50. The van der Waals surface area contributed by atoms with Gasteiger partial charge in [0, 0.05) is 18.7 Å². The fourth-order valence-electron chi connectivity index (χ4n) is 3.30. The second-order valence-corrected chi connectivity index (χ2v) is 8.77. The van der Waals surface area contributed by atoms with E-state index in [0.717, 1.165) is 0 Å². The van der Waals surface area contributed by atoms with E-state index in [-0.39, 0.29) is 16.5 Å². The average Bonchev–Trinajstić information content (AvgIpc) is 3.43. The molecule has 1 aliphatic rings. The van der Waals surface area contributed by atoms with E-state index in [1.165, 1.54) is 23.9 Å². The Kier molecular flexibility index (Phi) is 7.60. The number of carboxylic acids is 1. The lowest BCUT2D eigenvalue weighted by molar-refractivity contribution is -0.122. The van der Waals surface area contributed by atoms with Gasteiger partial charge in [0.25, 0.3) is 5.91 Å². The van der Waals surface area contributed by atoms with Gasteiger partial charge in [-0.05, 0) is 66.4 Å². The Morgan fingerprint density at radius 1 is 1.17 bits per heavy atom. The number of hydrogen-bond acceptors (Lipinski definition) is 7. The van der Waals surface area contributed by atoms with Gasteiger partial charge in [-0.2, -0.15) is 0 Å². The van der Waals surface area contributed by atoms with Crippen molar-refractivity contribution in [2.45, 2.75) is 0 Å². The molecule has 3 aromatic rings. The third-order valence-electron chi connectivity index (χ3n) is 5.09. The zero-order valence-electron chi connectivity index (χ0n) is 18.9. The Bertz CT molecular complexity index is 1320. The molecular weight excluding hydrogens is 492 g/mol. The molecule has 1 aromatic heterocycles. The topological polar surface area (TPSA) is 102 Å². The molecule has 35 heavy (non-hydrogen) atoms. The zero-order chi connectivity index (χ0) is 24.9. The van der Waals surface area contributed by atoms with Crippen LogP contribution < -0.4 is 4.74 Å². The van der Waals surface area contributed by atoms with Crippen LogP contribution in [0.5, 0.6) is 5.75 Å². The van der Waals surface area contributed by atoms with Crippen molar-refractivity contribution < 1.29 is 28.6 Å². The third kappa shape index (κ3) is 5.59. The van der Waals surface area contributed by atoms with E-state index in [1.54, 1.807) is 55.5 Å². The lowest BCUT2D eigenvalue weighted by Gasteiger charge is -2.14. The maximum atomic E-state index is 13.1. The van der Waals surface area contributed by atoms with Crippen molar-refractivity contribution in [1.82, 2.24) is 4.90 Å². The van der Waals surface area contributed by atoms with Crippen molar-refractivity contribution in [3.63, 3.8) is 0 Å². The number of aromatic carboxylic acids is 1. The van der Waals surface area contributed by atoms with Crippen LogP contribution in [0.4, 0.5) is 5.69 Å². The summed E-state index contributed by atoms with van der Waals surface area (Å²) in [7, 11) is 3.16. The SMILES string of the molecule is COCCN1C(=O)/C(=C\c2ccc(-c3ccc(Cl)c(C(=O)O)c3)o2)SC1=Nc1ccc(OC)cc1. The quantitative estimate of drug-likeness (QED) is 0.394. The van der Waals surface area contributed by atoms with Crippen LogP contribution in [0.3, 0.4) is 0 Å². The highest BCUT2D eigenvalue weighted by Gasteiger charge is 2.33. The molecule has 1 fully saturated rings. The summed E-state index contributed by atoms with van der Waals surface area (Å²) in [4.78, 5) is 31.1. The third-order valence-corrected chi connectivity index (χ3v) is 6.42. The van der Waals surface area contributed by atoms with Gasteiger partial charge in [-0.15, -0.1) is 0 Å². The van der Waals surface area contributed by atoms with Crippen LogP contribution >= 0.6 is 23.4 Å². The molecule has 8 nitrogen and oxygen atoms in total. The number of ether oxygens (including phenoxy) is 2. The van der Waals surface area contributed by atoms with Crippen LogP contribution in [0, 0.1) is 0 Å². The zero-order valence-corrected chi connectivity index (χ0v) is 20.4. The van der Waals surface area contributed by atoms with Crippen LogP contribution in [0.25, 0.3) is 17.4 Å². The monoisotopic (exact) mass is 512 g/mol. The maximum absolute atomic E-state index is 13.1. The van der Waals surface area contributed by atoms with Crippen LogP contribution in [-0.4, -0.2) is 54.4 Å². The van der Waals surface area contributed by atoms with E-state index in [4.69, 9.17) is 25.5 Å². The first-order valence-electron chi connectivity index (χ1n) is 10.5. The van der Waals surface area contributed by atoms with Gasteiger partial charge < -0.3 is 19.0 Å². The van der Waals surface area contributed by atoms with Gasteiger partial charge in [-0.3, -0.25) is 9.69 Å². The molecule has 1 saturated heterocycles. The molecule has 0 atom stereocenters. The normalized spacial score (nSPS) is 15.9. The Morgan fingerprint density at radius 2 is 1.94 bits per heavy atom. The molecule has 1 N–H and O–H groups in total. The summed E-state index contributed by atoms with van der Waals surface area (Å²) in [5, 5.41) is 9.98. The van der Waals surface area contributed by atoms with E-state index < -0.39 is 5.97 Å². The van der Waals surface area contributed by atoms with Gasteiger partial charge in [0.1, 0.15) is 17.3 Å². The van der Waals surface area contributed by atoms with Crippen molar-refractivity contribution >= 4 is 52.2 Å². The molecule has 0 aliphatic carbocycles. The molecule has 2 aromatic carbocycles. The average molecular weight is 513 g/mol. The number of amides is 1. The molecule has 2 heterocycles. The second-order valence-electron chi connectivity index (χ2n) is 7.35. The van der Waals surface area contributed by atoms with Gasteiger partial charge in [0.2, 0.25) is 0 Å². The Balaban J connectivity index is 1.61. The number of aliphatic imine (C=N–C) groups is 1. The van der Waals surface area contributed by atoms with Crippen LogP contribution in [-0.2, 0) is 9.53 Å². The van der Waals surface area contributed by atoms with Crippen molar-refractivity contribution in [2.75, 3.05) is 27.4 Å². The van der Waals surface area contributed by atoms with Crippen molar-refractivity contribution in [1.29, 1.82) is 0 Å². The number of halogens is 1. The summed E-state index contributed by atoms with van der Waals surface area (Å²) < 4.78 is 16.2. The van der Waals surface area contributed by atoms with Gasteiger partial charge in [0.15, 0.2) is 5.17 Å². The fraction of sp³-hybridized carbons (Fsp3) is 0.160. The lowest BCUT2D eigenvalue weighted by atomic mass is 10.1. The first-order chi connectivity index (χ1) is 16.9. The molecule has 4 rings (SSSR count). The number of amidine groups is 1. The van der Waals surface area contributed by atoms with Crippen LogP contribution in [0.1, 0.15) is 16.1 Å². The maximum Gasteiger partial charge on any atom is 0.337 e. The molecule has 10 heteroatoms. The van der Waals surface area contributed by atoms with E-state index in [2.05, 4.69) is 4.99 Å². The van der Waals surface area contributed by atoms with E-state index in [0.29, 0.717) is 51.7 Å². The van der Waals surface area contributed by atoms with Crippen molar-refractivity contribution in [2.24, 2.45) is 4.99 Å². The highest BCUT2D eigenvalue weighted by Crippen LogP contribution is 2.35. The Hall–Kier alpha value is -3.53. The van der Waals surface area contributed by atoms with E-state index in [1.807, 2.05) is 12.1 Å². The summed E-state index contributed by atoms with van der Waals surface area (Å²) in [6.45, 7) is 0.704. The number of benzene rings is 2. The Labute approximate surface area is 210 Å². The highest BCUT2D eigenvalue weighted by atomic mass is 35.5. The smallest absolute Gasteiger partial charge is 0.337 e. The number of carbonyl (C=O) groups excluding carboxylic acids is 1. The summed E-state index contributed by atoms with van der Waals surface area (Å²) in [6, 6.07) is 15.3. The number of hydrogen-bond donors (Lipinski definition) is 1. The molecule has 0 radical (unpaired) electrons. The largest absolute Gasteiger partial charge is 0.497 e. The number of carbonyl (C=O) groups is 2. The molecule has 1 aliphatic heterocycles. The molecule has 0 unspecified atom stereocenters. The number of thioether (sulfide) groups is 1. The number of methoxy groups -OCH3 is 2. The number of rotatable bonds is 8. The van der Waals surface area contributed by atoms with Crippen molar-refractivity contribution in [3.05, 3.63) is 75.8 Å². The van der Waals surface area contributed by atoms with Gasteiger partial charge in [-0.1, -0.05) is 11.6 Å². The Morgan fingerprint density at radius 3 is 2.63 bits per heavy atom. The van der Waals surface area contributed by atoms with E-state index in [9.17, 15) is 14.7 Å². The summed E-state index contributed by atoms with van der Waals surface area (Å²) in [5.74, 6) is 0.274. The summed E-state index contributed by atoms with van der Waals surface area (Å²) in [6.07, 6.45) is 1.64. The molecule has 1 amide bonds. The van der Waals surface area contributed by atoms with Crippen LogP contribution in [0.2, 0.25) is 5.02 Å². The molecule has 0 saturated carbocycles. The standard InChI is InChI=1S/C25H21ClN2O6S/c1-32-12-11-28-23(29)22(35-25(28)27-16-4-6-17(33-2)7-5-16)14-18-8-10-21(34-18)15-3-9-20(26)19(13-15)24(30)31/h3-10,13-14H,11-12H2,1-2H3,(H,30,31)/b22-14+,27-25?. The van der Waals surface area contributed by atoms with Crippen LogP contribution in [0.15, 0.2) is 68.9 Å². The first-order valence-corrected chi connectivity index (χ1v) is 11.6. The molecule has 0 spiro atoms. The molecular formula is C25H21ClN2O6S. The lowest BCUT2D eigenvalue weighted by Crippen LogP contribution is -2.32.